The van der Waals surface area contributed by atoms with Crippen LogP contribution in [-0.2, 0) is 6.54 Å². The second kappa shape index (κ2) is 7.62. The molecule has 2 amide bonds. The van der Waals surface area contributed by atoms with Gasteiger partial charge < -0.3 is 15.1 Å². The number of carbonyl (C=O) groups excluding carboxylic acids is 1. The number of hydrogen-bond acceptors (Lipinski definition) is 3. The van der Waals surface area contributed by atoms with Gasteiger partial charge in [0.25, 0.3) is 0 Å². The van der Waals surface area contributed by atoms with Gasteiger partial charge in [-0.3, -0.25) is 0 Å². The van der Waals surface area contributed by atoms with E-state index in [0.29, 0.717) is 22.4 Å². The summed E-state index contributed by atoms with van der Waals surface area (Å²) in [5.74, 6) is 1.14. The highest BCUT2D eigenvalue weighted by Crippen LogP contribution is 2.24. The highest BCUT2D eigenvalue weighted by Gasteiger charge is 2.13. The average Bonchev–Trinajstić information content (AvgIpc) is 2.97. The SMILES string of the molecule is Cc1ccc(NC(=O)NCc2nc(-c3cccc(Cl)c3)oc2C)cc1C. The maximum Gasteiger partial charge on any atom is 0.319 e. The van der Waals surface area contributed by atoms with Crippen molar-refractivity contribution in [3.05, 3.63) is 70.1 Å². The van der Waals surface area contributed by atoms with Crippen LogP contribution in [0.5, 0.6) is 0 Å². The van der Waals surface area contributed by atoms with Crippen LogP contribution in [0.15, 0.2) is 46.9 Å². The topological polar surface area (TPSA) is 67.2 Å². The first-order chi connectivity index (χ1) is 12.4. The standard InChI is InChI=1S/C20H20ClN3O2/c1-12-7-8-17(9-13(12)2)23-20(25)22-11-18-14(3)26-19(24-18)15-5-4-6-16(21)10-15/h4-10H,11H2,1-3H3,(H2,22,23,25). The van der Waals surface area contributed by atoms with Gasteiger partial charge in [0.1, 0.15) is 11.5 Å². The molecule has 0 aliphatic heterocycles. The molecule has 0 saturated carbocycles. The van der Waals surface area contributed by atoms with E-state index in [1.807, 2.05) is 51.1 Å². The van der Waals surface area contributed by atoms with Gasteiger partial charge in [-0.15, -0.1) is 0 Å². The van der Waals surface area contributed by atoms with Crippen LogP contribution in [0, 0.1) is 20.8 Å². The summed E-state index contributed by atoms with van der Waals surface area (Å²) in [5, 5.41) is 6.24. The molecule has 3 rings (SSSR count). The van der Waals surface area contributed by atoms with E-state index in [1.165, 1.54) is 5.56 Å². The Kier molecular flexibility index (Phi) is 5.28. The molecule has 0 atom stereocenters. The van der Waals surface area contributed by atoms with Gasteiger partial charge in [-0.2, -0.15) is 0 Å². The van der Waals surface area contributed by atoms with Crippen molar-refractivity contribution < 1.29 is 9.21 Å². The highest BCUT2D eigenvalue weighted by molar-refractivity contribution is 6.30. The van der Waals surface area contributed by atoms with Gasteiger partial charge >= 0.3 is 6.03 Å². The van der Waals surface area contributed by atoms with Crippen molar-refractivity contribution in [3.63, 3.8) is 0 Å². The number of rotatable bonds is 4. The van der Waals surface area contributed by atoms with Crippen molar-refractivity contribution in [1.29, 1.82) is 0 Å². The third-order valence-corrected chi connectivity index (χ3v) is 4.38. The molecule has 0 bridgehead atoms. The summed E-state index contributed by atoms with van der Waals surface area (Å²) < 4.78 is 5.69. The van der Waals surface area contributed by atoms with E-state index in [4.69, 9.17) is 16.0 Å². The molecule has 0 saturated heterocycles. The van der Waals surface area contributed by atoms with E-state index in [0.717, 1.165) is 16.8 Å². The van der Waals surface area contributed by atoms with E-state index in [9.17, 15) is 4.79 Å². The number of carbonyl (C=O) groups is 1. The summed E-state index contributed by atoms with van der Waals surface area (Å²) in [6, 6.07) is 12.8. The average molecular weight is 370 g/mol. The molecular weight excluding hydrogens is 350 g/mol. The zero-order valence-corrected chi connectivity index (χ0v) is 15.6. The summed E-state index contributed by atoms with van der Waals surface area (Å²) >= 11 is 6.01. The number of oxazole rings is 1. The van der Waals surface area contributed by atoms with Crippen molar-refractivity contribution in [2.24, 2.45) is 0 Å². The molecule has 2 N–H and O–H groups in total. The first-order valence-electron chi connectivity index (χ1n) is 8.27. The van der Waals surface area contributed by atoms with Crippen LogP contribution >= 0.6 is 11.6 Å². The van der Waals surface area contributed by atoms with E-state index in [1.54, 1.807) is 12.1 Å². The molecule has 0 unspecified atom stereocenters. The molecule has 3 aromatic rings. The van der Waals surface area contributed by atoms with Crippen molar-refractivity contribution >= 4 is 23.3 Å². The lowest BCUT2D eigenvalue weighted by Crippen LogP contribution is -2.28. The first-order valence-corrected chi connectivity index (χ1v) is 8.64. The Morgan fingerprint density at radius 2 is 1.92 bits per heavy atom. The van der Waals surface area contributed by atoms with Gasteiger partial charge in [0.05, 0.1) is 6.54 Å². The normalized spacial score (nSPS) is 10.6. The number of nitrogens with zero attached hydrogens (tertiary/aromatic N) is 1. The third-order valence-electron chi connectivity index (χ3n) is 4.15. The lowest BCUT2D eigenvalue weighted by Gasteiger charge is -2.08. The smallest absolute Gasteiger partial charge is 0.319 e. The van der Waals surface area contributed by atoms with Crippen molar-refractivity contribution in [1.82, 2.24) is 10.3 Å². The van der Waals surface area contributed by atoms with E-state index < -0.39 is 0 Å². The number of urea groups is 1. The molecule has 0 aliphatic carbocycles. The Morgan fingerprint density at radius 1 is 1.12 bits per heavy atom. The summed E-state index contributed by atoms with van der Waals surface area (Å²) in [6.07, 6.45) is 0. The summed E-state index contributed by atoms with van der Waals surface area (Å²) in [5.41, 5.74) is 4.53. The molecule has 5 nitrogen and oxygen atoms in total. The molecule has 0 spiro atoms. The summed E-state index contributed by atoms with van der Waals surface area (Å²) in [4.78, 5) is 16.6. The van der Waals surface area contributed by atoms with E-state index in [-0.39, 0.29) is 12.6 Å². The Bertz CT molecular complexity index is 950. The van der Waals surface area contributed by atoms with Crippen LogP contribution in [0.25, 0.3) is 11.5 Å². The fourth-order valence-electron chi connectivity index (χ4n) is 2.50. The van der Waals surface area contributed by atoms with Crippen LogP contribution < -0.4 is 10.6 Å². The maximum atomic E-state index is 12.1. The Balaban J connectivity index is 1.64. The first kappa shape index (κ1) is 18.0. The minimum absolute atomic E-state index is 0.270. The number of amides is 2. The van der Waals surface area contributed by atoms with Crippen molar-refractivity contribution in [2.45, 2.75) is 27.3 Å². The van der Waals surface area contributed by atoms with E-state index in [2.05, 4.69) is 15.6 Å². The van der Waals surface area contributed by atoms with Gasteiger partial charge in [-0.1, -0.05) is 23.7 Å². The second-order valence-electron chi connectivity index (χ2n) is 6.14. The molecule has 2 aromatic carbocycles. The third kappa shape index (κ3) is 4.24. The number of aryl methyl sites for hydroxylation is 3. The molecule has 1 aromatic heterocycles. The number of benzene rings is 2. The fourth-order valence-corrected chi connectivity index (χ4v) is 2.69. The Morgan fingerprint density at radius 3 is 2.65 bits per heavy atom. The van der Waals surface area contributed by atoms with Crippen LogP contribution in [0.1, 0.15) is 22.6 Å². The number of halogens is 1. The summed E-state index contributed by atoms with van der Waals surface area (Å²) in [7, 11) is 0. The van der Waals surface area contributed by atoms with Crippen molar-refractivity contribution in [2.75, 3.05) is 5.32 Å². The zero-order chi connectivity index (χ0) is 18.7. The lowest BCUT2D eigenvalue weighted by atomic mass is 10.1. The largest absolute Gasteiger partial charge is 0.441 e. The van der Waals surface area contributed by atoms with Crippen LogP contribution in [-0.4, -0.2) is 11.0 Å². The quantitative estimate of drug-likeness (QED) is 0.660. The molecular formula is C20H20ClN3O2. The number of nitrogens with one attached hydrogen (secondary N) is 2. The Hall–Kier alpha value is -2.79. The second-order valence-corrected chi connectivity index (χ2v) is 6.58. The fraction of sp³-hybridized carbons (Fsp3) is 0.200. The lowest BCUT2D eigenvalue weighted by molar-refractivity contribution is 0.251. The summed E-state index contributed by atoms with van der Waals surface area (Å²) in [6.45, 7) is 6.13. The maximum absolute atomic E-state index is 12.1. The number of anilines is 1. The van der Waals surface area contributed by atoms with Gasteiger partial charge in [0.15, 0.2) is 0 Å². The van der Waals surface area contributed by atoms with Crippen LogP contribution in [0.3, 0.4) is 0 Å². The Labute approximate surface area is 157 Å². The van der Waals surface area contributed by atoms with Crippen molar-refractivity contribution in [3.8, 4) is 11.5 Å². The highest BCUT2D eigenvalue weighted by atomic mass is 35.5. The molecule has 134 valence electrons. The predicted octanol–water partition coefficient (Wildman–Crippen LogP) is 5.24. The molecule has 0 radical (unpaired) electrons. The van der Waals surface area contributed by atoms with Crippen LogP contribution in [0.4, 0.5) is 10.5 Å². The minimum atomic E-state index is -0.292. The van der Waals surface area contributed by atoms with Gasteiger partial charge in [-0.25, -0.2) is 9.78 Å². The molecule has 0 fully saturated rings. The van der Waals surface area contributed by atoms with Gasteiger partial charge in [0, 0.05) is 16.3 Å². The molecule has 26 heavy (non-hydrogen) atoms. The van der Waals surface area contributed by atoms with Gasteiger partial charge in [-0.05, 0) is 62.2 Å². The zero-order valence-electron chi connectivity index (χ0n) is 14.9. The molecule has 1 heterocycles. The minimum Gasteiger partial charge on any atom is -0.441 e. The number of aromatic nitrogens is 1. The van der Waals surface area contributed by atoms with E-state index >= 15 is 0 Å². The number of hydrogen-bond donors (Lipinski definition) is 2. The molecule has 0 aliphatic rings. The van der Waals surface area contributed by atoms with Gasteiger partial charge in [0.2, 0.25) is 5.89 Å². The predicted molar refractivity (Wildman–Crippen MR) is 103 cm³/mol. The van der Waals surface area contributed by atoms with Crippen LogP contribution in [0.2, 0.25) is 5.02 Å². The molecule has 6 heteroatoms. The monoisotopic (exact) mass is 369 g/mol.